The number of aliphatic hydroxyl groups excluding tert-OH is 2. The molecule has 4 aromatic rings. The Morgan fingerprint density at radius 2 is 1.21 bits per heavy atom. The van der Waals surface area contributed by atoms with Crippen LogP contribution in [0.1, 0.15) is 22.3 Å². The molecule has 5 heteroatoms. The van der Waals surface area contributed by atoms with E-state index >= 15 is 0 Å². The molecule has 0 saturated heterocycles. The van der Waals surface area contributed by atoms with Crippen molar-refractivity contribution in [2.75, 3.05) is 7.11 Å². The monoisotopic (exact) mass is 456 g/mol. The first-order chi connectivity index (χ1) is 16.7. The number of benzene rings is 4. The van der Waals surface area contributed by atoms with Crippen molar-refractivity contribution in [3.63, 3.8) is 0 Å². The molecule has 0 aliphatic rings. The summed E-state index contributed by atoms with van der Waals surface area (Å²) in [6, 6.07) is 28.9. The van der Waals surface area contributed by atoms with Gasteiger partial charge in [0.1, 0.15) is 30.5 Å². The van der Waals surface area contributed by atoms with Gasteiger partial charge in [0.05, 0.1) is 20.3 Å². The lowest BCUT2D eigenvalue weighted by Crippen LogP contribution is -2.03. The van der Waals surface area contributed by atoms with Gasteiger partial charge in [0.2, 0.25) is 0 Å². The summed E-state index contributed by atoms with van der Waals surface area (Å²) in [5.41, 5.74) is 4.90. The quantitative estimate of drug-likeness (QED) is 0.330. The largest absolute Gasteiger partial charge is 0.497 e. The third kappa shape index (κ3) is 5.57. The van der Waals surface area contributed by atoms with Crippen LogP contribution in [0.2, 0.25) is 0 Å². The first kappa shape index (κ1) is 23.4. The number of rotatable bonds is 10. The molecule has 0 atom stereocenters. The minimum atomic E-state index is -0.203. The van der Waals surface area contributed by atoms with Crippen molar-refractivity contribution < 1.29 is 24.4 Å². The van der Waals surface area contributed by atoms with Gasteiger partial charge in [-0.25, -0.2) is 0 Å². The van der Waals surface area contributed by atoms with Gasteiger partial charge in [-0.1, -0.05) is 66.7 Å². The van der Waals surface area contributed by atoms with Crippen LogP contribution in [0, 0.1) is 0 Å². The van der Waals surface area contributed by atoms with Crippen LogP contribution in [0.15, 0.2) is 91.0 Å². The van der Waals surface area contributed by atoms with E-state index in [-0.39, 0.29) is 13.2 Å². The molecule has 0 aliphatic heterocycles. The highest BCUT2D eigenvalue weighted by Crippen LogP contribution is 2.40. The average Bonchev–Trinajstić information content (AvgIpc) is 2.91. The summed E-state index contributed by atoms with van der Waals surface area (Å²) in [5.74, 6) is 1.81. The molecule has 0 saturated carbocycles. The highest BCUT2D eigenvalue weighted by atomic mass is 16.5. The number of methoxy groups -OCH3 is 1. The molecule has 2 N–H and O–H groups in total. The Hall–Kier alpha value is -3.80. The van der Waals surface area contributed by atoms with Crippen LogP contribution in [0.25, 0.3) is 11.1 Å². The van der Waals surface area contributed by atoms with Gasteiger partial charge in [0.25, 0.3) is 0 Å². The molecule has 0 heterocycles. The second-order valence-corrected chi connectivity index (χ2v) is 7.84. The number of aliphatic hydroxyl groups is 2. The molecule has 0 spiro atoms. The molecule has 174 valence electrons. The third-order valence-corrected chi connectivity index (χ3v) is 5.57. The fourth-order valence-corrected chi connectivity index (χ4v) is 3.82. The summed E-state index contributed by atoms with van der Waals surface area (Å²) < 4.78 is 17.6. The van der Waals surface area contributed by atoms with Crippen LogP contribution >= 0.6 is 0 Å². The molecular formula is C29H28O5. The van der Waals surface area contributed by atoms with Gasteiger partial charge in [0.15, 0.2) is 0 Å². The van der Waals surface area contributed by atoms with E-state index in [1.165, 1.54) is 0 Å². The lowest BCUT2D eigenvalue weighted by Gasteiger charge is -2.19. The van der Waals surface area contributed by atoms with E-state index in [1.54, 1.807) is 19.2 Å². The van der Waals surface area contributed by atoms with Gasteiger partial charge < -0.3 is 24.4 Å². The van der Waals surface area contributed by atoms with Crippen LogP contribution in [-0.4, -0.2) is 17.3 Å². The Bertz CT molecular complexity index is 1210. The third-order valence-electron chi connectivity index (χ3n) is 5.57. The van der Waals surface area contributed by atoms with Crippen molar-refractivity contribution >= 4 is 0 Å². The van der Waals surface area contributed by atoms with Crippen molar-refractivity contribution in [1.29, 1.82) is 0 Å². The molecule has 0 bridgehead atoms. The van der Waals surface area contributed by atoms with E-state index in [2.05, 4.69) is 0 Å². The minimum Gasteiger partial charge on any atom is -0.497 e. The van der Waals surface area contributed by atoms with E-state index in [0.29, 0.717) is 41.6 Å². The van der Waals surface area contributed by atoms with Crippen LogP contribution < -0.4 is 14.2 Å². The predicted molar refractivity (Wildman–Crippen MR) is 132 cm³/mol. The lowest BCUT2D eigenvalue weighted by atomic mass is 9.94. The first-order valence-corrected chi connectivity index (χ1v) is 11.1. The summed E-state index contributed by atoms with van der Waals surface area (Å²) in [7, 11) is 1.58. The van der Waals surface area contributed by atoms with E-state index in [4.69, 9.17) is 14.2 Å². The Kier molecular flexibility index (Phi) is 7.81. The average molecular weight is 457 g/mol. The van der Waals surface area contributed by atoms with Crippen molar-refractivity contribution in [3.05, 3.63) is 113 Å². The summed E-state index contributed by atoms with van der Waals surface area (Å²) in [6.07, 6.45) is 0. The van der Waals surface area contributed by atoms with Gasteiger partial charge in [0, 0.05) is 11.6 Å². The normalized spacial score (nSPS) is 10.7. The van der Waals surface area contributed by atoms with Crippen LogP contribution in [0.5, 0.6) is 17.2 Å². The van der Waals surface area contributed by atoms with Gasteiger partial charge in [-0.05, 0) is 46.0 Å². The fourth-order valence-electron chi connectivity index (χ4n) is 3.82. The van der Waals surface area contributed by atoms with Crippen LogP contribution in [0.4, 0.5) is 0 Å². The van der Waals surface area contributed by atoms with Gasteiger partial charge in [-0.15, -0.1) is 0 Å². The van der Waals surface area contributed by atoms with Crippen molar-refractivity contribution in [2.45, 2.75) is 26.4 Å². The molecule has 0 amide bonds. The second-order valence-electron chi connectivity index (χ2n) is 7.84. The Balaban J connectivity index is 1.68. The molecule has 0 aromatic heterocycles. The van der Waals surface area contributed by atoms with Crippen molar-refractivity contribution in [3.8, 4) is 28.4 Å². The number of ether oxygens (including phenoxy) is 3. The maximum absolute atomic E-state index is 10.2. The molecule has 5 nitrogen and oxygen atoms in total. The van der Waals surface area contributed by atoms with Crippen molar-refractivity contribution in [2.24, 2.45) is 0 Å². The zero-order valence-electron chi connectivity index (χ0n) is 19.1. The zero-order valence-corrected chi connectivity index (χ0v) is 19.1. The molecule has 34 heavy (non-hydrogen) atoms. The van der Waals surface area contributed by atoms with Crippen LogP contribution in [0.3, 0.4) is 0 Å². The molecule has 0 unspecified atom stereocenters. The zero-order chi connectivity index (χ0) is 23.8. The molecule has 0 aliphatic carbocycles. The van der Waals surface area contributed by atoms with Crippen LogP contribution in [-0.2, 0) is 26.4 Å². The van der Waals surface area contributed by atoms with E-state index in [9.17, 15) is 10.2 Å². The molecule has 0 radical (unpaired) electrons. The maximum Gasteiger partial charge on any atom is 0.131 e. The van der Waals surface area contributed by atoms with E-state index in [0.717, 1.165) is 22.3 Å². The fraction of sp³-hybridized carbons (Fsp3) is 0.172. The van der Waals surface area contributed by atoms with Gasteiger partial charge in [-0.3, -0.25) is 0 Å². The number of hydrogen-bond donors (Lipinski definition) is 2. The topological polar surface area (TPSA) is 68.2 Å². The summed E-state index contributed by atoms with van der Waals surface area (Å²) in [6.45, 7) is 0.401. The second kappa shape index (κ2) is 11.4. The molecule has 4 rings (SSSR count). The smallest absolute Gasteiger partial charge is 0.131 e. The molecular weight excluding hydrogens is 428 g/mol. The minimum absolute atomic E-state index is 0.188. The highest BCUT2D eigenvalue weighted by molar-refractivity contribution is 5.78. The van der Waals surface area contributed by atoms with E-state index < -0.39 is 0 Å². The Morgan fingerprint density at radius 3 is 1.79 bits per heavy atom. The van der Waals surface area contributed by atoms with Gasteiger partial charge >= 0.3 is 0 Å². The first-order valence-electron chi connectivity index (χ1n) is 11.1. The summed E-state index contributed by atoms with van der Waals surface area (Å²) in [5, 5.41) is 20.3. The SMILES string of the molecule is COc1cc(CO)c(-c2ccc(OCc3ccccc3)cc2CO)c(OCc2ccccc2)c1. The summed E-state index contributed by atoms with van der Waals surface area (Å²) in [4.78, 5) is 0. The summed E-state index contributed by atoms with van der Waals surface area (Å²) >= 11 is 0. The van der Waals surface area contributed by atoms with E-state index in [1.807, 2.05) is 78.9 Å². The standard InChI is InChI=1S/C29H28O5/c1-32-26-15-24(18-31)29(28(16-26)34-20-22-10-6-3-7-11-22)27-13-12-25(14-23(27)17-30)33-19-21-8-4-2-5-9-21/h2-16,30-31H,17-20H2,1H3. The number of hydrogen-bond acceptors (Lipinski definition) is 5. The molecule has 4 aromatic carbocycles. The maximum atomic E-state index is 10.2. The Morgan fingerprint density at radius 1 is 0.618 bits per heavy atom. The molecule has 0 fully saturated rings. The predicted octanol–water partition coefficient (Wildman–Crippen LogP) is 5.50. The highest BCUT2D eigenvalue weighted by Gasteiger charge is 2.18. The van der Waals surface area contributed by atoms with Gasteiger partial charge in [-0.2, -0.15) is 0 Å². The van der Waals surface area contributed by atoms with Crippen molar-refractivity contribution in [1.82, 2.24) is 0 Å². The lowest BCUT2D eigenvalue weighted by molar-refractivity contribution is 0.275. The Labute approximate surface area is 199 Å².